The topological polar surface area (TPSA) is 54.4 Å². The Kier molecular flexibility index (Phi) is 3.27. The molecule has 1 N–H and O–H groups in total. The molecule has 3 fully saturated rings. The molecule has 0 aromatic carbocycles. The number of hydrogen-bond acceptors (Lipinski definition) is 3. The lowest BCUT2D eigenvalue weighted by Crippen LogP contribution is -2.66. The second kappa shape index (κ2) is 4.78. The van der Waals surface area contributed by atoms with Crippen molar-refractivity contribution in [1.82, 2.24) is 0 Å². The van der Waals surface area contributed by atoms with Gasteiger partial charge in [-0.25, -0.2) is 4.39 Å². The Balaban J connectivity index is 1.79. The van der Waals surface area contributed by atoms with E-state index in [0.717, 1.165) is 24.8 Å². The van der Waals surface area contributed by atoms with Crippen molar-refractivity contribution in [2.75, 3.05) is 0 Å². The number of rotatable bonds is 1. The SMILES string of the molecule is CC(=O)[C@@H]1CC[C@H]2[C@H]3CCC4=CC(=O)C[C@]4(C)[C@]3(F)[C@@H](O)C[C@]12C. The van der Waals surface area contributed by atoms with Crippen LogP contribution in [-0.2, 0) is 9.59 Å². The molecule has 4 heteroatoms. The minimum absolute atomic E-state index is 0.0151. The second-order valence-corrected chi connectivity index (χ2v) is 9.13. The predicted octanol–water partition coefficient (Wildman–Crippen LogP) is 3.40. The van der Waals surface area contributed by atoms with Gasteiger partial charge in [0.1, 0.15) is 11.5 Å². The molecule has 7 atom stereocenters. The van der Waals surface area contributed by atoms with Crippen LogP contribution >= 0.6 is 0 Å². The number of carbonyl (C=O) groups excluding carboxylic acids is 2. The van der Waals surface area contributed by atoms with Crippen molar-refractivity contribution in [1.29, 1.82) is 0 Å². The Morgan fingerprint density at radius 2 is 1.96 bits per heavy atom. The molecule has 0 heterocycles. The van der Waals surface area contributed by atoms with Gasteiger partial charge in [-0.3, -0.25) is 9.59 Å². The summed E-state index contributed by atoms with van der Waals surface area (Å²) in [6.07, 6.45) is 4.07. The molecule has 4 rings (SSSR count). The number of alkyl halides is 1. The zero-order valence-electron chi connectivity index (χ0n) is 14.8. The van der Waals surface area contributed by atoms with Crippen molar-refractivity contribution < 1.29 is 19.1 Å². The molecular formula is C20H27FO3. The van der Waals surface area contributed by atoms with E-state index in [-0.39, 0.29) is 41.2 Å². The lowest BCUT2D eigenvalue weighted by Gasteiger charge is -2.61. The van der Waals surface area contributed by atoms with E-state index in [1.54, 1.807) is 13.0 Å². The van der Waals surface area contributed by atoms with Gasteiger partial charge in [0, 0.05) is 23.7 Å². The van der Waals surface area contributed by atoms with E-state index in [2.05, 4.69) is 6.92 Å². The maximum Gasteiger partial charge on any atom is 0.156 e. The first-order valence-electron chi connectivity index (χ1n) is 9.26. The van der Waals surface area contributed by atoms with Gasteiger partial charge in [-0.2, -0.15) is 0 Å². The number of carbonyl (C=O) groups is 2. The minimum atomic E-state index is -1.75. The molecule has 0 aliphatic heterocycles. The smallest absolute Gasteiger partial charge is 0.156 e. The number of ketones is 2. The summed E-state index contributed by atoms with van der Waals surface area (Å²) in [7, 11) is 0. The molecule has 0 bridgehead atoms. The average molecular weight is 334 g/mol. The number of allylic oxidation sites excluding steroid dienone is 2. The molecule has 3 saturated carbocycles. The van der Waals surface area contributed by atoms with Crippen molar-refractivity contribution in [3.63, 3.8) is 0 Å². The van der Waals surface area contributed by atoms with Crippen LogP contribution in [0.4, 0.5) is 4.39 Å². The molecule has 4 aliphatic carbocycles. The molecule has 24 heavy (non-hydrogen) atoms. The van der Waals surface area contributed by atoms with Gasteiger partial charge in [0.2, 0.25) is 0 Å². The molecule has 0 amide bonds. The quantitative estimate of drug-likeness (QED) is 0.800. The normalized spacial score (nSPS) is 53.2. The van der Waals surface area contributed by atoms with Crippen LogP contribution in [-0.4, -0.2) is 28.4 Å². The van der Waals surface area contributed by atoms with Gasteiger partial charge in [-0.1, -0.05) is 19.4 Å². The summed E-state index contributed by atoms with van der Waals surface area (Å²) < 4.78 is 16.5. The Morgan fingerprint density at radius 1 is 1.25 bits per heavy atom. The third kappa shape index (κ3) is 1.71. The standard InChI is InChI=1S/C20H27FO3/c1-11(22)14-6-7-15-16-5-4-12-8-13(23)9-19(12,3)20(16,21)17(24)10-18(14,15)2/h8,14-17,24H,4-7,9-10H2,1-3H3/t14-,15-,16+,17-,18+,19-,20+/m0/s1. The van der Waals surface area contributed by atoms with Crippen molar-refractivity contribution >= 4 is 11.6 Å². The Labute approximate surface area is 142 Å². The van der Waals surface area contributed by atoms with Crippen LogP contribution < -0.4 is 0 Å². The maximum absolute atomic E-state index is 16.5. The van der Waals surface area contributed by atoms with Gasteiger partial charge in [0.05, 0.1) is 6.10 Å². The highest BCUT2D eigenvalue weighted by Crippen LogP contribution is 2.69. The molecule has 4 aliphatic rings. The summed E-state index contributed by atoms with van der Waals surface area (Å²) >= 11 is 0. The molecule has 3 nitrogen and oxygen atoms in total. The summed E-state index contributed by atoms with van der Waals surface area (Å²) in [5.41, 5.74) is -2.05. The highest BCUT2D eigenvalue weighted by Gasteiger charge is 2.71. The van der Waals surface area contributed by atoms with Crippen molar-refractivity contribution in [3.05, 3.63) is 11.6 Å². The van der Waals surface area contributed by atoms with Crippen LogP contribution in [0.25, 0.3) is 0 Å². The summed E-state index contributed by atoms with van der Waals surface area (Å²) in [6, 6.07) is 0. The van der Waals surface area contributed by atoms with Gasteiger partial charge < -0.3 is 5.11 Å². The number of fused-ring (bicyclic) bond motifs is 5. The van der Waals surface area contributed by atoms with Crippen LogP contribution in [0, 0.1) is 28.6 Å². The number of aliphatic hydroxyl groups excluding tert-OH is 1. The van der Waals surface area contributed by atoms with Crippen molar-refractivity contribution in [3.8, 4) is 0 Å². The Hall–Kier alpha value is -1.03. The van der Waals surface area contributed by atoms with Crippen LogP contribution in [0.2, 0.25) is 0 Å². The highest BCUT2D eigenvalue weighted by atomic mass is 19.1. The van der Waals surface area contributed by atoms with E-state index in [9.17, 15) is 14.7 Å². The minimum Gasteiger partial charge on any atom is -0.390 e. The first kappa shape index (κ1) is 16.4. The van der Waals surface area contributed by atoms with Crippen LogP contribution in [0.3, 0.4) is 0 Å². The first-order valence-corrected chi connectivity index (χ1v) is 9.26. The number of hydrogen-bond donors (Lipinski definition) is 1. The lowest BCUT2D eigenvalue weighted by atomic mass is 9.46. The zero-order valence-corrected chi connectivity index (χ0v) is 14.8. The largest absolute Gasteiger partial charge is 0.390 e. The fraction of sp³-hybridized carbons (Fsp3) is 0.800. The van der Waals surface area contributed by atoms with Crippen molar-refractivity contribution in [2.24, 2.45) is 28.6 Å². The summed E-state index contributed by atoms with van der Waals surface area (Å²) in [5.74, 6) is -0.0647. The molecule has 0 aromatic heterocycles. The third-order valence-electron chi connectivity index (χ3n) is 8.19. The molecule has 0 saturated heterocycles. The van der Waals surface area contributed by atoms with Crippen LogP contribution in [0.5, 0.6) is 0 Å². The van der Waals surface area contributed by atoms with E-state index in [1.807, 2.05) is 6.92 Å². The molecule has 132 valence electrons. The van der Waals surface area contributed by atoms with Crippen LogP contribution in [0.1, 0.15) is 59.3 Å². The van der Waals surface area contributed by atoms with Gasteiger partial charge >= 0.3 is 0 Å². The molecule has 0 radical (unpaired) electrons. The van der Waals surface area contributed by atoms with E-state index in [0.29, 0.717) is 12.8 Å². The number of halogens is 1. The average Bonchev–Trinajstić information content (AvgIpc) is 2.96. The molecular weight excluding hydrogens is 307 g/mol. The fourth-order valence-electron chi connectivity index (χ4n) is 7.09. The maximum atomic E-state index is 16.5. The van der Waals surface area contributed by atoms with E-state index in [1.165, 1.54) is 0 Å². The number of aliphatic hydroxyl groups is 1. The summed E-state index contributed by atoms with van der Waals surface area (Å²) in [6.45, 7) is 5.53. The molecule has 0 spiro atoms. The van der Waals surface area contributed by atoms with Gasteiger partial charge in [-0.05, 0) is 56.4 Å². The van der Waals surface area contributed by atoms with E-state index < -0.39 is 17.2 Å². The lowest BCUT2D eigenvalue weighted by molar-refractivity contribution is -0.204. The number of Topliss-reactive ketones (excluding diaryl/α,β-unsaturated/α-hetero) is 1. The van der Waals surface area contributed by atoms with E-state index >= 15 is 4.39 Å². The fourth-order valence-corrected chi connectivity index (χ4v) is 7.09. The van der Waals surface area contributed by atoms with Crippen molar-refractivity contribution in [2.45, 2.75) is 71.1 Å². The zero-order chi connectivity index (χ0) is 17.5. The van der Waals surface area contributed by atoms with E-state index in [4.69, 9.17) is 0 Å². The Morgan fingerprint density at radius 3 is 2.62 bits per heavy atom. The van der Waals surface area contributed by atoms with Gasteiger partial charge in [0.25, 0.3) is 0 Å². The van der Waals surface area contributed by atoms with Gasteiger partial charge in [-0.15, -0.1) is 0 Å². The van der Waals surface area contributed by atoms with Crippen LogP contribution in [0.15, 0.2) is 11.6 Å². The second-order valence-electron chi connectivity index (χ2n) is 9.13. The summed E-state index contributed by atoms with van der Waals surface area (Å²) in [4.78, 5) is 24.1. The molecule has 0 unspecified atom stereocenters. The third-order valence-corrected chi connectivity index (χ3v) is 8.19. The summed E-state index contributed by atoms with van der Waals surface area (Å²) in [5, 5.41) is 10.9. The Bertz CT molecular complexity index is 655. The highest BCUT2D eigenvalue weighted by molar-refractivity contribution is 5.94. The monoisotopic (exact) mass is 334 g/mol. The molecule has 0 aromatic rings. The van der Waals surface area contributed by atoms with Gasteiger partial charge in [0.15, 0.2) is 5.78 Å². The first-order chi connectivity index (χ1) is 11.1. The predicted molar refractivity (Wildman–Crippen MR) is 88.0 cm³/mol.